The second-order valence-corrected chi connectivity index (χ2v) is 12.8. The van der Waals surface area contributed by atoms with Crippen LogP contribution in [0.15, 0.2) is 18.2 Å². The molecule has 0 amide bonds. The zero-order valence-corrected chi connectivity index (χ0v) is 21.2. The maximum absolute atomic E-state index is 7.10. The lowest BCUT2D eigenvalue weighted by molar-refractivity contribution is -0.225. The van der Waals surface area contributed by atoms with Gasteiger partial charge in [-0.1, -0.05) is 6.07 Å². The summed E-state index contributed by atoms with van der Waals surface area (Å²) < 4.78 is 25.0. The second kappa shape index (κ2) is 7.60. The standard InChI is InChI=1S/C29H41NO4/c1-30-9-8-28(22-4-5-23(31-2)24(13-22)32-3)6-7-29(17-25(28)30)33-18-26(34-29)27-14-19-10-20(15-27)12-21(11-19)16-27/h4-5,13,19-21,25-26H,6-12,14-18H2,1-3H3/t19?,20?,21?,25-,26?,27?,28-,29?/m0/s1. The van der Waals surface area contributed by atoms with Crippen LogP contribution in [0.25, 0.3) is 0 Å². The highest BCUT2D eigenvalue weighted by Crippen LogP contribution is 2.64. The van der Waals surface area contributed by atoms with Crippen molar-refractivity contribution in [3.63, 3.8) is 0 Å². The van der Waals surface area contributed by atoms with E-state index in [1.807, 2.05) is 0 Å². The molecular weight excluding hydrogens is 426 g/mol. The number of hydrogen-bond acceptors (Lipinski definition) is 5. The highest BCUT2D eigenvalue weighted by atomic mass is 16.7. The monoisotopic (exact) mass is 467 g/mol. The highest BCUT2D eigenvalue weighted by Gasteiger charge is 2.62. The Morgan fingerprint density at radius 2 is 1.59 bits per heavy atom. The minimum absolute atomic E-state index is 0.130. The van der Waals surface area contributed by atoms with Crippen molar-refractivity contribution in [1.29, 1.82) is 0 Å². The Kier molecular flexibility index (Phi) is 4.90. The van der Waals surface area contributed by atoms with Crippen molar-refractivity contribution in [1.82, 2.24) is 4.90 Å². The van der Waals surface area contributed by atoms with Gasteiger partial charge in [-0.25, -0.2) is 0 Å². The molecule has 0 radical (unpaired) electrons. The Morgan fingerprint density at radius 1 is 0.882 bits per heavy atom. The summed E-state index contributed by atoms with van der Waals surface area (Å²) >= 11 is 0. The van der Waals surface area contributed by atoms with Gasteiger partial charge in [0.15, 0.2) is 17.3 Å². The molecule has 1 spiro atoms. The summed E-state index contributed by atoms with van der Waals surface area (Å²) in [5.74, 6) is 4.11. The third kappa shape index (κ3) is 3.08. The molecule has 4 bridgehead atoms. The van der Waals surface area contributed by atoms with Gasteiger partial charge in [0, 0.05) is 24.3 Å². The first-order valence-corrected chi connectivity index (χ1v) is 13.7. The minimum Gasteiger partial charge on any atom is -0.493 e. The second-order valence-electron chi connectivity index (χ2n) is 12.8. The van der Waals surface area contributed by atoms with Gasteiger partial charge in [0.05, 0.1) is 26.9 Å². The number of rotatable bonds is 4. The lowest BCUT2D eigenvalue weighted by atomic mass is 9.48. The van der Waals surface area contributed by atoms with Gasteiger partial charge in [0.25, 0.3) is 0 Å². The number of likely N-dealkylation sites (N-methyl/N-ethyl adjacent to an activating group) is 1. The molecular formula is C29H41NO4. The van der Waals surface area contributed by atoms with E-state index in [4.69, 9.17) is 18.9 Å². The largest absolute Gasteiger partial charge is 0.493 e. The van der Waals surface area contributed by atoms with Crippen LogP contribution >= 0.6 is 0 Å². The van der Waals surface area contributed by atoms with Gasteiger partial charge in [-0.2, -0.15) is 0 Å². The molecule has 2 heterocycles. The Bertz CT molecular complexity index is 928. The molecule has 7 fully saturated rings. The maximum Gasteiger partial charge on any atom is 0.170 e. The van der Waals surface area contributed by atoms with E-state index in [1.54, 1.807) is 14.2 Å². The Morgan fingerprint density at radius 3 is 2.26 bits per heavy atom. The van der Waals surface area contributed by atoms with E-state index in [0.717, 1.165) is 61.7 Å². The lowest BCUT2D eigenvalue weighted by Crippen LogP contribution is -2.55. The number of ether oxygens (including phenoxy) is 4. The molecule has 2 unspecified atom stereocenters. The topological polar surface area (TPSA) is 40.2 Å². The molecule has 1 aromatic carbocycles. The summed E-state index contributed by atoms with van der Waals surface area (Å²) in [6.07, 6.45) is 13.2. The molecule has 0 N–H and O–H groups in total. The molecule has 2 aliphatic heterocycles. The molecule has 186 valence electrons. The predicted molar refractivity (Wildman–Crippen MR) is 130 cm³/mol. The molecule has 5 aliphatic carbocycles. The number of nitrogens with zero attached hydrogens (tertiary/aromatic N) is 1. The molecule has 5 heteroatoms. The molecule has 8 rings (SSSR count). The van der Waals surface area contributed by atoms with Gasteiger partial charge in [0.1, 0.15) is 0 Å². The van der Waals surface area contributed by atoms with Gasteiger partial charge in [0.2, 0.25) is 0 Å². The summed E-state index contributed by atoms with van der Waals surface area (Å²) in [5.41, 5.74) is 1.91. The molecule has 1 aromatic rings. The summed E-state index contributed by atoms with van der Waals surface area (Å²) in [6, 6.07) is 6.99. The van der Waals surface area contributed by atoms with Crippen molar-refractivity contribution >= 4 is 0 Å². The van der Waals surface area contributed by atoms with Crippen molar-refractivity contribution < 1.29 is 18.9 Å². The van der Waals surface area contributed by atoms with Crippen LogP contribution in [0.3, 0.4) is 0 Å². The number of hydrogen-bond donors (Lipinski definition) is 0. The van der Waals surface area contributed by atoms with Crippen molar-refractivity contribution in [2.75, 3.05) is 34.4 Å². The van der Waals surface area contributed by atoms with Crippen molar-refractivity contribution in [2.24, 2.45) is 23.2 Å². The van der Waals surface area contributed by atoms with Crippen LogP contribution in [0.4, 0.5) is 0 Å². The quantitative estimate of drug-likeness (QED) is 0.612. The normalized spacial score (nSPS) is 47.3. The van der Waals surface area contributed by atoms with E-state index in [0.29, 0.717) is 17.6 Å². The molecule has 34 heavy (non-hydrogen) atoms. The van der Waals surface area contributed by atoms with Crippen molar-refractivity contribution in [3.8, 4) is 11.5 Å². The van der Waals surface area contributed by atoms with Crippen LogP contribution in [-0.4, -0.2) is 57.3 Å². The Hall–Kier alpha value is -1.30. The fraction of sp³-hybridized carbons (Fsp3) is 0.793. The average molecular weight is 468 g/mol. The third-order valence-electron chi connectivity index (χ3n) is 11.1. The van der Waals surface area contributed by atoms with Crippen LogP contribution in [0.2, 0.25) is 0 Å². The summed E-state index contributed by atoms with van der Waals surface area (Å²) in [6.45, 7) is 1.93. The fourth-order valence-corrected chi connectivity index (χ4v) is 9.87. The first-order chi connectivity index (χ1) is 16.5. The highest BCUT2D eigenvalue weighted by molar-refractivity contribution is 5.46. The van der Waals surface area contributed by atoms with Gasteiger partial charge >= 0.3 is 0 Å². The molecule has 2 saturated heterocycles. The molecule has 5 saturated carbocycles. The van der Waals surface area contributed by atoms with E-state index in [-0.39, 0.29) is 5.41 Å². The van der Waals surface area contributed by atoms with Gasteiger partial charge in [-0.3, -0.25) is 0 Å². The summed E-state index contributed by atoms with van der Waals surface area (Å²) in [4.78, 5) is 2.56. The Balaban J connectivity index is 1.15. The SMILES string of the molecule is COc1ccc([C@]23CCN(C)[C@H]2CC2(CC3)OCC(C34CC5CC(CC(C5)C3)C4)O2)cc1OC. The number of likely N-dealkylation sites (tertiary alicyclic amines) is 1. The van der Waals surface area contributed by atoms with E-state index in [2.05, 4.69) is 30.1 Å². The average Bonchev–Trinajstić information content (AvgIpc) is 3.41. The van der Waals surface area contributed by atoms with Gasteiger partial charge in [-0.15, -0.1) is 0 Å². The van der Waals surface area contributed by atoms with Crippen LogP contribution in [0, 0.1) is 23.2 Å². The van der Waals surface area contributed by atoms with E-state index < -0.39 is 5.79 Å². The van der Waals surface area contributed by atoms with Crippen LogP contribution in [0.5, 0.6) is 11.5 Å². The van der Waals surface area contributed by atoms with Gasteiger partial charge < -0.3 is 23.8 Å². The lowest BCUT2D eigenvalue weighted by Gasteiger charge is -2.58. The first-order valence-electron chi connectivity index (χ1n) is 13.7. The van der Waals surface area contributed by atoms with Crippen LogP contribution < -0.4 is 9.47 Å². The molecule has 4 atom stereocenters. The van der Waals surface area contributed by atoms with E-state index in [1.165, 1.54) is 50.5 Å². The van der Waals surface area contributed by atoms with E-state index in [9.17, 15) is 0 Å². The zero-order valence-electron chi connectivity index (χ0n) is 21.2. The van der Waals surface area contributed by atoms with Crippen LogP contribution in [0.1, 0.15) is 69.8 Å². The first kappa shape index (κ1) is 21.9. The molecule has 0 aromatic heterocycles. The summed E-state index contributed by atoms with van der Waals surface area (Å²) in [5, 5.41) is 0. The van der Waals surface area contributed by atoms with Crippen LogP contribution in [-0.2, 0) is 14.9 Å². The molecule has 5 nitrogen and oxygen atoms in total. The molecule has 7 aliphatic rings. The van der Waals surface area contributed by atoms with Crippen molar-refractivity contribution in [3.05, 3.63) is 23.8 Å². The zero-order chi connectivity index (χ0) is 23.1. The van der Waals surface area contributed by atoms with E-state index >= 15 is 0 Å². The number of benzene rings is 1. The number of methoxy groups -OCH3 is 2. The fourth-order valence-electron chi connectivity index (χ4n) is 9.87. The van der Waals surface area contributed by atoms with Crippen molar-refractivity contribution in [2.45, 2.75) is 87.6 Å². The smallest absolute Gasteiger partial charge is 0.170 e. The number of fused-ring (bicyclic) bond motifs is 1. The summed E-state index contributed by atoms with van der Waals surface area (Å²) in [7, 11) is 5.73. The minimum atomic E-state index is -0.392. The van der Waals surface area contributed by atoms with Gasteiger partial charge in [-0.05, 0) is 106 Å². The maximum atomic E-state index is 7.10. The predicted octanol–water partition coefficient (Wildman–Crippen LogP) is 5.16. The Labute approximate surface area is 204 Å². The third-order valence-corrected chi connectivity index (χ3v) is 11.1.